The molecule has 1 aliphatic heterocycles. The van der Waals surface area contributed by atoms with Crippen LogP contribution < -0.4 is 10.6 Å². The van der Waals surface area contributed by atoms with Crippen LogP contribution in [-0.2, 0) is 5.60 Å². The number of aliphatic hydroxyl groups is 1. The zero-order chi connectivity index (χ0) is 15.1. The maximum atomic E-state index is 10.9. The van der Waals surface area contributed by atoms with E-state index in [1.165, 1.54) is 5.56 Å². The van der Waals surface area contributed by atoms with Crippen molar-refractivity contribution in [2.45, 2.75) is 65.6 Å². The Bertz CT molecular complexity index is 492. The van der Waals surface area contributed by atoms with E-state index in [2.05, 4.69) is 57.4 Å². The highest BCUT2D eigenvalue weighted by atomic mass is 16.3. The van der Waals surface area contributed by atoms with E-state index in [1.54, 1.807) is 0 Å². The highest BCUT2D eigenvalue weighted by Gasteiger charge is 2.36. The quantitative estimate of drug-likeness (QED) is 0.785. The van der Waals surface area contributed by atoms with Gasteiger partial charge in [0, 0.05) is 35.4 Å². The van der Waals surface area contributed by atoms with Crippen molar-refractivity contribution in [1.29, 1.82) is 0 Å². The number of fused-ring (bicyclic) bond motifs is 1. The van der Waals surface area contributed by atoms with Gasteiger partial charge in [0.15, 0.2) is 0 Å². The topological polar surface area (TPSA) is 44.3 Å². The van der Waals surface area contributed by atoms with Crippen LogP contribution in [0.2, 0.25) is 0 Å². The van der Waals surface area contributed by atoms with Gasteiger partial charge in [0.1, 0.15) is 0 Å². The summed E-state index contributed by atoms with van der Waals surface area (Å²) in [6.07, 6.45) is 0.752. The third-order valence-electron chi connectivity index (χ3n) is 4.12. The maximum absolute atomic E-state index is 10.9. The molecule has 0 aromatic heterocycles. The fourth-order valence-electron chi connectivity index (χ4n) is 3.00. The summed E-state index contributed by atoms with van der Waals surface area (Å²) in [5.41, 5.74) is 3.62. The van der Waals surface area contributed by atoms with Crippen LogP contribution in [0.4, 0.5) is 11.4 Å². The minimum Gasteiger partial charge on any atom is -0.385 e. The van der Waals surface area contributed by atoms with Crippen molar-refractivity contribution in [1.82, 2.24) is 0 Å². The Labute approximate surface area is 122 Å². The van der Waals surface area contributed by atoms with E-state index >= 15 is 0 Å². The second-order valence-electron chi connectivity index (χ2n) is 6.99. The Balaban J connectivity index is 2.45. The summed E-state index contributed by atoms with van der Waals surface area (Å²) >= 11 is 0. The first-order chi connectivity index (χ1) is 9.20. The van der Waals surface area contributed by atoms with Gasteiger partial charge in [-0.15, -0.1) is 0 Å². The van der Waals surface area contributed by atoms with E-state index in [4.69, 9.17) is 0 Å². The average molecular weight is 276 g/mol. The molecule has 1 aliphatic rings. The first kappa shape index (κ1) is 15.2. The molecule has 0 fully saturated rings. The van der Waals surface area contributed by atoms with Gasteiger partial charge < -0.3 is 15.7 Å². The lowest BCUT2D eigenvalue weighted by Gasteiger charge is -2.40. The van der Waals surface area contributed by atoms with Gasteiger partial charge in [0.05, 0.1) is 5.60 Å². The minimum atomic E-state index is -0.769. The standard InChI is InChI=1S/C17H28N2O/c1-10(2)15-9-17(6,20)14-8-13(18-11(3)4)7-12(5)16(14)19-15/h7-8,10-11,15,18-20H,9H2,1-6H3. The summed E-state index contributed by atoms with van der Waals surface area (Å²) in [6.45, 7) is 12.7. The van der Waals surface area contributed by atoms with Gasteiger partial charge in [-0.2, -0.15) is 0 Å². The third kappa shape index (κ3) is 2.93. The zero-order valence-electron chi connectivity index (χ0n) is 13.5. The Morgan fingerprint density at radius 2 is 1.95 bits per heavy atom. The first-order valence-corrected chi connectivity index (χ1v) is 7.61. The number of rotatable bonds is 3. The van der Waals surface area contributed by atoms with Gasteiger partial charge in [0.2, 0.25) is 0 Å². The van der Waals surface area contributed by atoms with Gasteiger partial charge in [-0.25, -0.2) is 0 Å². The number of hydrogen-bond donors (Lipinski definition) is 3. The van der Waals surface area contributed by atoms with Gasteiger partial charge in [-0.1, -0.05) is 13.8 Å². The predicted octanol–water partition coefficient (Wildman–Crippen LogP) is 3.86. The molecule has 1 aromatic rings. The Hall–Kier alpha value is -1.22. The normalized spacial score (nSPS) is 25.6. The molecule has 0 amide bonds. The van der Waals surface area contributed by atoms with Crippen molar-refractivity contribution < 1.29 is 5.11 Å². The molecule has 20 heavy (non-hydrogen) atoms. The fourth-order valence-corrected chi connectivity index (χ4v) is 3.00. The molecule has 3 heteroatoms. The minimum absolute atomic E-state index is 0.320. The molecule has 0 radical (unpaired) electrons. The molecule has 1 aromatic carbocycles. The summed E-state index contributed by atoms with van der Waals surface area (Å²) in [5.74, 6) is 0.502. The zero-order valence-corrected chi connectivity index (χ0v) is 13.5. The molecule has 2 atom stereocenters. The molecular weight excluding hydrogens is 248 g/mol. The van der Waals surface area contributed by atoms with Gasteiger partial charge in [-0.05, 0) is 51.3 Å². The van der Waals surface area contributed by atoms with Gasteiger partial charge in [-0.3, -0.25) is 0 Å². The highest BCUT2D eigenvalue weighted by molar-refractivity contribution is 5.68. The van der Waals surface area contributed by atoms with Crippen LogP contribution in [0.5, 0.6) is 0 Å². The van der Waals surface area contributed by atoms with Gasteiger partial charge in [0.25, 0.3) is 0 Å². The molecule has 1 heterocycles. The fraction of sp³-hybridized carbons (Fsp3) is 0.647. The summed E-state index contributed by atoms with van der Waals surface area (Å²) < 4.78 is 0. The molecule has 2 rings (SSSR count). The van der Waals surface area contributed by atoms with E-state index in [0.29, 0.717) is 18.0 Å². The van der Waals surface area contributed by atoms with Crippen molar-refractivity contribution in [3.05, 3.63) is 23.3 Å². The summed E-state index contributed by atoms with van der Waals surface area (Å²) in [6, 6.07) is 4.95. The second kappa shape index (κ2) is 5.28. The van der Waals surface area contributed by atoms with Crippen molar-refractivity contribution in [2.75, 3.05) is 10.6 Å². The van der Waals surface area contributed by atoms with Crippen LogP contribution in [0, 0.1) is 12.8 Å². The lowest BCUT2D eigenvalue weighted by Crippen LogP contribution is -2.41. The average Bonchev–Trinajstić information content (AvgIpc) is 2.28. The number of hydrogen-bond acceptors (Lipinski definition) is 3. The van der Waals surface area contributed by atoms with Crippen LogP contribution in [0.25, 0.3) is 0 Å². The van der Waals surface area contributed by atoms with Crippen molar-refractivity contribution in [3.8, 4) is 0 Å². The van der Waals surface area contributed by atoms with Crippen molar-refractivity contribution in [2.24, 2.45) is 5.92 Å². The molecule has 3 N–H and O–H groups in total. The maximum Gasteiger partial charge on any atom is 0.0908 e. The molecule has 0 spiro atoms. The molecule has 0 saturated heterocycles. The monoisotopic (exact) mass is 276 g/mol. The van der Waals surface area contributed by atoms with Crippen LogP contribution in [0.1, 0.15) is 52.2 Å². The molecule has 2 unspecified atom stereocenters. The van der Waals surface area contributed by atoms with Crippen molar-refractivity contribution >= 4 is 11.4 Å². The van der Waals surface area contributed by atoms with E-state index in [-0.39, 0.29) is 0 Å². The number of anilines is 2. The van der Waals surface area contributed by atoms with E-state index < -0.39 is 5.60 Å². The van der Waals surface area contributed by atoms with Gasteiger partial charge >= 0.3 is 0 Å². The lowest BCUT2D eigenvalue weighted by molar-refractivity contribution is 0.0340. The van der Waals surface area contributed by atoms with Crippen LogP contribution >= 0.6 is 0 Å². The van der Waals surface area contributed by atoms with E-state index in [0.717, 1.165) is 23.4 Å². The largest absolute Gasteiger partial charge is 0.385 e. The number of aryl methyl sites for hydroxylation is 1. The molecule has 112 valence electrons. The Kier molecular flexibility index (Phi) is 4.01. The van der Waals surface area contributed by atoms with Crippen LogP contribution in [-0.4, -0.2) is 17.2 Å². The first-order valence-electron chi connectivity index (χ1n) is 7.61. The molecule has 0 saturated carbocycles. The Morgan fingerprint density at radius 3 is 2.50 bits per heavy atom. The highest BCUT2D eigenvalue weighted by Crippen LogP contribution is 2.42. The third-order valence-corrected chi connectivity index (χ3v) is 4.12. The van der Waals surface area contributed by atoms with E-state index in [1.807, 2.05) is 6.92 Å². The molecular formula is C17H28N2O. The van der Waals surface area contributed by atoms with Crippen LogP contribution in [0.15, 0.2) is 12.1 Å². The Morgan fingerprint density at radius 1 is 1.30 bits per heavy atom. The number of nitrogens with one attached hydrogen (secondary N) is 2. The summed E-state index contributed by atoms with van der Waals surface area (Å²) in [4.78, 5) is 0. The molecule has 0 bridgehead atoms. The lowest BCUT2D eigenvalue weighted by atomic mass is 9.79. The molecule has 3 nitrogen and oxygen atoms in total. The smallest absolute Gasteiger partial charge is 0.0908 e. The summed E-state index contributed by atoms with van der Waals surface area (Å²) in [7, 11) is 0. The second-order valence-corrected chi connectivity index (χ2v) is 6.99. The number of benzene rings is 1. The van der Waals surface area contributed by atoms with Crippen molar-refractivity contribution in [3.63, 3.8) is 0 Å². The van der Waals surface area contributed by atoms with Crippen LogP contribution in [0.3, 0.4) is 0 Å². The SMILES string of the molecule is Cc1cc(NC(C)C)cc2c1NC(C(C)C)CC2(C)O. The summed E-state index contributed by atoms with van der Waals surface area (Å²) in [5, 5.41) is 17.9. The van der Waals surface area contributed by atoms with E-state index in [9.17, 15) is 5.11 Å². The predicted molar refractivity (Wildman–Crippen MR) is 86.4 cm³/mol. The molecule has 0 aliphatic carbocycles.